The van der Waals surface area contributed by atoms with E-state index in [0.717, 1.165) is 11.3 Å². The number of nitriles is 1. The Morgan fingerprint density at radius 2 is 2.30 bits per heavy atom. The van der Waals surface area contributed by atoms with Crippen LogP contribution in [0.4, 0.5) is 0 Å². The Kier molecular flexibility index (Phi) is 6.07. The number of hydrogen-bond acceptors (Lipinski definition) is 6. The molecule has 2 aromatic rings. The number of benzene rings is 1. The van der Waals surface area contributed by atoms with Crippen LogP contribution in [0.15, 0.2) is 24.3 Å². The molecule has 0 spiro atoms. The van der Waals surface area contributed by atoms with Crippen LogP contribution in [-0.4, -0.2) is 75.7 Å². The van der Waals surface area contributed by atoms with Crippen LogP contribution < -0.4 is 14.8 Å². The van der Waals surface area contributed by atoms with Gasteiger partial charge in [-0.15, -0.1) is 0 Å². The number of aliphatic hydroxyl groups excluding tert-OH is 1. The van der Waals surface area contributed by atoms with Crippen molar-refractivity contribution in [2.75, 3.05) is 13.2 Å². The summed E-state index contributed by atoms with van der Waals surface area (Å²) in [6.07, 6.45) is 0.987. The van der Waals surface area contributed by atoms with Gasteiger partial charge in [-0.2, -0.15) is 10.4 Å². The van der Waals surface area contributed by atoms with Gasteiger partial charge in [-0.3, -0.25) is 4.79 Å². The zero-order valence-corrected chi connectivity index (χ0v) is 14.0. The molecule has 3 heterocycles. The molecule has 0 fully saturated rings. The van der Waals surface area contributed by atoms with E-state index in [0.29, 0.717) is 37.4 Å². The van der Waals surface area contributed by atoms with Crippen molar-refractivity contribution in [3.05, 3.63) is 41.1 Å². The van der Waals surface area contributed by atoms with E-state index < -0.39 is 0 Å². The second-order valence-electron chi connectivity index (χ2n) is 6.42. The Hall–Kier alpha value is -2.05. The zero-order chi connectivity index (χ0) is 18.1. The van der Waals surface area contributed by atoms with Crippen LogP contribution in [0.5, 0.6) is 11.6 Å². The Labute approximate surface area is 178 Å². The van der Waals surface area contributed by atoms with Crippen LogP contribution in [0.25, 0.3) is 0 Å². The topological polar surface area (TPSA) is 109 Å². The molecule has 2 aliphatic heterocycles. The van der Waals surface area contributed by atoms with Gasteiger partial charge in [0.1, 0.15) is 18.5 Å². The molecule has 2 atom stereocenters. The van der Waals surface area contributed by atoms with Gasteiger partial charge in [-0.1, -0.05) is 0 Å². The van der Waals surface area contributed by atoms with Crippen LogP contribution in [0, 0.1) is 11.3 Å². The first-order valence-electron chi connectivity index (χ1n) is 8.48. The number of amides is 1. The number of ether oxygens (including phenoxy) is 2. The molecule has 1 amide bonds. The molecule has 1 unspecified atom stereocenters. The number of aryl methyl sites for hydroxylation is 1. The fraction of sp³-hybridized carbons (Fsp3) is 0.389. The summed E-state index contributed by atoms with van der Waals surface area (Å²) < 4.78 is 12.9. The van der Waals surface area contributed by atoms with E-state index >= 15 is 0 Å². The first-order chi connectivity index (χ1) is 12.7. The molecule has 1 aromatic heterocycles. The van der Waals surface area contributed by atoms with Crippen LogP contribution in [0.3, 0.4) is 0 Å². The van der Waals surface area contributed by atoms with Gasteiger partial charge in [0, 0.05) is 19.0 Å². The van der Waals surface area contributed by atoms with Gasteiger partial charge in [-0.05, 0) is 30.2 Å². The molecular weight excluding hydrogens is 359 g/mol. The van der Waals surface area contributed by atoms with Crippen molar-refractivity contribution in [2.24, 2.45) is 0 Å². The summed E-state index contributed by atoms with van der Waals surface area (Å²) in [7, 11) is 0. The molecule has 136 valence electrons. The third-order valence-corrected chi connectivity index (χ3v) is 4.56. The van der Waals surface area contributed by atoms with Crippen LogP contribution >= 0.6 is 0 Å². The SMILES string of the molecule is N#Cc1ccc2c(c1)C[C@@H](NC(=O)c1cc3n(n1)CCC(CO)O3)CO2.[NaH]. The third-order valence-electron chi connectivity index (χ3n) is 4.56. The molecule has 2 aliphatic rings. The normalized spacial score (nSPS) is 20.0. The van der Waals surface area contributed by atoms with E-state index in [9.17, 15) is 9.90 Å². The number of fused-ring (bicyclic) bond motifs is 2. The number of nitrogens with zero attached hydrogens (tertiary/aromatic N) is 3. The van der Waals surface area contributed by atoms with Crippen molar-refractivity contribution in [1.29, 1.82) is 5.26 Å². The van der Waals surface area contributed by atoms with Crippen LogP contribution in [0.1, 0.15) is 28.0 Å². The fourth-order valence-corrected chi connectivity index (χ4v) is 3.21. The van der Waals surface area contributed by atoms with Gasteiger partial charge in [-0.25, -0.2) is 4.68 Å². The molecule has 1 aromatic carbocycles. The maximum absolute atomic E-state index is 12.5. The third kappa shape index (κ3) is 4.12. The number of aromatic nitrogens is 2. The first kappa shape index (κ1) is 19.7. The van der Waals surface area contributed by atoms with E-state index in [1.807, 2.05) is 0 Å². The maximum atomic E-state index is 12.5. The van der Waals surface area contributed by atoms with Crippen molar-refractivity contribution in [3.8, 4) is 17.7 Å². The monoisotopic (exact) mass is 378 g/mol. The van der Waals surface area contributed by atoms with Crippen molar-refractivity contribution >= 4 is 35.5 Å². The van der Waals surface area contributed by atoms with Crippen molar-refractivity contribution in [2.45, 2.75) is 31.5 Å². The number of carbonyl (C=O) groups excluding carboxylic acids is 1. The molecule has 0 bridgehead atoms. The molecule has 0 saturated heterocycles. The quantitative estimate of drug-likeness (QED) is 0.727. The molecule has 9 heteroatoms. The second-order valence-corrected chi connectivity index (χ2v) is 6.42. The average Bonchev–Trinajstić information content (AvgIpc) is 3.10. The number of hydrogen-bond donors (Lipinski definition) is 2. The van der Waals surface area contributed by atoms with Gasteiger partial charge in [0.2, 0.25) is 5.88 Å². The van der Waals surface area contributed by atoms with Crippen molar-refractivity contribution in [1.82, 2.24) is 15.1 Å². The number of rotatable bonds is 3. The van der Waals surface area contributed by atoms with Crippen LogP contribution in [-0.2, 0) is 13.0 Å². The summed E-state index contributed by atoms with van der Waals surface area (Å²) in [4.78, 5) is 12.5. The average molecular weight is 378 g/mol. The number of carbonyl (C=O) groups is 1. The predicted octanol–water partition coefficient (Wildman–Crippen LogP) is -0.0168. The van der Waals surface area contributed by atoms with E-state index in [-0.39, 0.29) is 59.9 Å². The molecule has 8 nitrogen and oxygen atoms in total. The van der Waals surface area contributed by atoms with Gasteiger partial charge < -0.3 is 19.9 Å². The standard InChI is InChI=1S/C18H18N4O4.Na.H/c19-8-11-1-2-16-12(5-11)6-13(10-25-16)20-18(24)15-7-17-22(21-15)4-3-14(9-23)26-17;;/h1-2,5,7,13-14,23H,3-4,6,9-10H2,(H,20,24);;/t13-,14?;;/m1../s1. The summed E-state index contributed by atoms with van der Waals surface area (Å²) in [5.41, 5.74) is 1.74. The molecule has 4 rings (SSSR count). The van der Waals surface area contributed by atoms with E-state index in [2.05, 4.69) is 16.5 Å². The van der Waals surface area contributed by atoms with Gasteiger partial charge in [0.25, 0.3) is 5.91 Å². The Balaban J connectivity index is 0.00000210. The minimum absolute atomic E-state index is 0. The number of aliphatic hydroxyl groups is 1. The summed E-state index contributed by atoms with van der Waals surface area (Å²) in [5.74, 6) is 0.935. The Morgan fingerprint density at radius 3 is 3.07 bits per heavy atom. The minimum atomic E-state index is -0.301. The summed E-state index contributed by atoms with van der Waals surface area (Å²) in [5, 5.41) is 25.4. The van der Waals surface area contributed by atoms with Gasteiger partial charge in [0.05, 0.1) is 24.3 Å². The van der Waals surface area contributed by atoms with Crippen molar-refractivity contribution in [3.63, 3.8) is 0 Å². The predicted molar refractivity (Wildman–Crippen MR) is 97.1 cm³/mol. The second kappa shape index (κ2) is 8.31. The number of nitrogens with one attached hydrogen (secondary N) is 1. The molecular formula is C18H19N4NaO4. The van der Waals surface area contributed by atoms with E-state index in [4.69, 9.17) is 14.7 Å². The fourth-order valence-electron chi connectivity index (χ4n) is 3.21. The molecule has 27 heavy (non-hydrogen) atoms. The Bertz CT molecular complexity index is 892. The molecule has 2 N–H and O–H groups in total. The van der Waals surface area contributed by atoms with Gasteiger partial charge in [0.15, 0.2) is 5.69 Å². The molecule has 0 saturated carbocycles. The van der Waals surface area contributed by atoms with Crippen molar-refractivity contribution < 1.29 is 19.4 Å². The van der Waals surface area contributed by atoms with E-state index in [1.54, 1.807) is 28.9 Å². The Morgan fingerprint density at radius 1 is 1.44 bits per heavy atom. The van der Waals surface area contributed by atoms with Gasteiger partial charge >= 0.3 is 29.6 Å². The summed E-state index contributed by atoms with van der Waals surface area (Å²) >= 11 is 0. The summed E-state index contributed by atoms with van der Waals surface area (Å²) in [6.45, 7) is 0.905. The molecule has 0 radical (unpaired) electrons. The zero-order valence-electron chi connectivity index (χ0n) is 14.0. The van der Waals surface area contributed by atoms with Crippen LogP contribution in [0.2, 0.25) is 0 Å². The first-order valence-corrected chi connectivity index (χ1v) is 8.48. The van der Waals surface area contributed by atoms with E-state index in [1.165, 1.54) is 0 Å². The summed E-state index contributed by atoms with van der Waals surface area (Å²) in [6, 6.07) is 8.77. The molecule has 0 aliphatic carbocycles.